The van der Waals surface area contributed by atoms with E-state index in [4.69, 9.17) is 5.11 Å². The smallest absolute Gasteiger partial charge is 0.308 e. The van der Waals surface area contributed by atoms with Crippen LogP contribution in [0, 0.1) is 11.8 Å². The van der Waals surface area contributed by atoms with Crippen LogP contribution in [0.1, 0.15) is 30.8 Å². The molecule has 3 rings (SSSR count). The number of hydrogen-bond acceptors (Lipinski definition) is 3. The molecule has 104 valence electrons. The summed E-state index contributed by atoms with van der Waals surface area (Å²) in [4.78, 5) is 15.7. The van der Waals surface area contributed by atoms with Gasteiger partial charge in [-0.05, 0) is 44.7 Å². The average Bonchev–Trinajstić information content (AvgIpc) is 2.80. The van der Waals surface area contributed by atoms with Crippen molar-refractivity contribution >= 4 is 5.97 Å². The van der Waals surface area contributed by atoms with Gasteiger partial charge in [-0.3, -0.25) is 4.79 Å². The van der Waals surface area contributed by atoms with Gasteiger partial charge >= 0.3 is 5.97 Å². The molecule has 2 atom stereocenters. The van der Waals surface area contributed by atoms with Crippen molar-refractivity contribution in [1.29, 1.82) is 0 Å². The molecule has 0 aliphatic carbocycles. The lowest BCUT2D eigenvalue weighted by Crippen LogP contribution is -2.30. The Labute approximate surface area is 113 Å². The fourth-order valence-electron chi connectivity index (χ4n) is 3.20. The predicted molar refractivity (Wildman–Crippen MR) is 71.0 cm³/mol. The van der Waals surface area contributed by atoms with Crippen LogP contribution in [0.15, 0.2) is 6.20 Å². The molecule has 0 radical (unpaired) electrons. The predicted octanol–water partition coefficient (Wildman–Crippen LogP) is 1.07. The second kappa shape index (κ2) is 5.33. The summed E-state index contributed by atoms with van der Waals surface area (Å²) in [5.41, 5.74) is 1.13. The molecule has 1 aromatic heterocycles. The molecule has 2 N–H and O–H groups in total. The zero-order valence-electron chi connectivity index (χ0n) is 11.1. The minimum absolute atomic E-state index is 0.245. The number of carboxylic acids is 1. The van der Waals surface area contributed by atoms with E-state index in [2.05, 4.69) is 16.5 Å². The van der Waals surface area contributed by atoms with E-state index in [9.17, 15) is 4.79 Å². The van der Waals surface area contributed by atoms with E-state index in [1.54, 1.807) is 0 Å². The molecule has 2 aliphatic heterocycles. The van der Waals surface area contributed by atoms with Crippen LogP contribution >= 0.6 is 0 Å². The molecule has 1 aromatic rings. The first kappa shape index (κ1) is 12.7. The summed E-state index contributed by atoms with van der Waals surface area (Å²) in [7, 11) is 0. The van der Waals surface area contributed by atoms with Gasteiger partial charge in [-0.1, -0.05) is 0 Å². The molecule has 5 nitrogen and oxygen atoms in total. The van der Waals surface area contributed by atoms with Gasteiger partial charge in [0.15, 0.2) is 0 Å². The van der Waals surface area contributed by atoms with Gasteiger partial charge < -0.3 is 15.0 Å². The van der Waals surface area contributed by atoms with Gasteiger partial charge in [0.2, 0.25) is 0 Å². The first-order valence-electron chi connectivity index (χ1n) is 7.21. The Hall–Kier alpha value is -1.36. The van der Waals surface area contributed by atoms with E-state index >= 15 is 0 Å². The molecular weight excluding hydrogens is 242 g/mol. The molecule has 5 heteroatoms. The van der Waals surface area contributed by atoms with E-state index in [1.807, 2.05) is 4.57 Å². The van der Waals surface area contributed by atoms with Crippen molar-refractivity contribution in [3.05, 3.63) is 17.7 Å². The standard InChI is InChI=1S/C14H21N3O2/c18-14(19)11-3-4-13-16-12(9-17(13)8-11)6-10-2-1-5-15-7-10/h9-11,15H,1-8H2,(H,18,19). The van der Waals surface area contributed by atoms with Crippen LogP contribution in [0.2, 0.25) is 0 Å². The molecule has 3 heterocycles. The first-order valence-corrected chi connectivity index (χ1v) is 7.21. The summed E-state index contributed by atoms with van der Waals surface area (Å²) >= 11 is 0. The lowest BCUT2D eigenvalue weighted by Gasteiger charge is -2.21. The molecule has 19 heavy (non-hydrogen) atoms. The zero-order chi connectivity index (χ0) is 13.2. The van der Waals surface area contributed by atoms with Gasteiger partial charge in [-0.2, -0.15) is 0 Å². The van der Waals surface area contributed by atoms with E-state index in [0.717, 1.165) is 43.9 Å². The molecule has 2 unspecified atom stereocenters. The number of imidazole rings is 1. The number of carboxylic acid groups (broad SMARTS) is 1. The van der Waals surface area contributed by atoms with E-state index in [1.165, 1.54) is 12.8 Å². The minimum atomic E-state index is -0.683. The summed E-state index contributed by atoms with van der Waals surface area (Å²) in [6, 6.07) is 0. The van der Waals surface area contributed by atoms with Gasteiger partial charge in [0.05, 0.1) is 11.6 Å². The molecular formula is C14H21N3O2. The highest BCUT2D eigenvalue weighted by Gasteiger charge is 2.26. The van der Waals surface area contributed by atoms with E-state index in [-0.39, 0.29) is 5.92 Å². The summed E-state index contributed by atoms with van der Waals surface area (Å²) in [5, 5.41) is 12.5. The van der Waals surface area contributed by atoms with Crippen LogP contribution < -0.4 is 5.32 Å². The molecule has 0 spiro atoms. The van der Waals surface area contributed by atoms with E-state index < -0.39 is 5.97 Å². The van der Waals surface area contributed by atoms with Gasteiger partial charge in [0, 0.05) is 19.2 Å². The van der Waals surface area contributed by atoms with Gasteiger partial charge in [0.1, 0.15) is 5.82 Å². The monoisotopic (exact) mass is 263 g/mol. The minimum Gasteiger partial charge on any atom is -0.481 e. The number of aryl methyl sites for hydroxylation is 1. The van der Waals surface area contributed by atoms with Crippen LogP contribution in [0.3, 0.4) is 0 Å². The van der Waals surface area contributed by atoms with Gasteiger partial charge in [-0.15, -0.1) is 0 Å². The molecule has 0 saturated carbocycles. The second-order valence-corrected chi connectivity index (χ2v) is 5.79. The molecule has 0 aromatic carbocycles. The van der Waals surface area contributed by atoms with Crippen molar-refractivity contribution in [2.75, 3.05) is 13.1 Å². The number of fused-ring (bicyclic) bond motifs is 1. The van der Waals surface area contributed by atoms with Crippen LogP contribution in [-0.4, -0.2) is 33.7 Å². The van der Waals surface area contributed by atoms with Crippen molar-refractivity contribution in [2.24, 2.45) is 11.8 Å². The second-order valence-electron chi connectivity index (χ2n) is 5.79. The van der Waals surface area contributed by atoms with Crippen molar-refractivity contribution in [3.63, 3.8) is 0 Å². The number of hydrogen-bond donors (Lipinski definition) is 2. The molecule has 0 amide bonds. The average molecular weight is 263 g/mol. The molecule has 0 bridgehead atoms. The number of aliphatic carboxylic acids is 1. The number of rotatable bonds is 3. The largest absolute Gasteiger partial charge is 0.481 e. The van der Waals surface area contributed by atoms with Gasteiger partial charge in [-0.25, -0.2) is 4.98 Å². The fraction of sp³-hybridized carbons (Fsp3) is 0.714. The Bertz CT molecular complexity index is 463. The lowest BCUT2D eigenvalue weighted by molar-refractivity contribution is -0.142. The Balaban J connectivity index is 1.67. The van der Waals surface area contributed by atoms with Crippen LogP contribution in [0.25, 0.3) is 0 Å². The van der Waals surface area contributed by atoms with Crippen LogP contribution in [0.5, 0.6) is 0 Å². The topological polar surface area (TPSA) is 67.2 Å². The van der Waals surface area contributed by atoms with Crippen molar-refractivity contribution in [3.8, 4) is 0 Å². The van der Waals surface area contributed by atoms with Crippen molar-refractivity contribution < 1.29 is 9.90 Å². The Morgan fingerprint density at radius 2 is 2.42 bits per heavy atom. The quantitative estimate of drug-likeness (QED) is 0.856. The fourth-order valence-corrected chi connectivity index (χ4v) is 3.20. The highest BCUT2D eigenvalue weighted by Crippen LogP contribution is 2.22. The Morgan fingerprint density at radius 3 is 3.16 bits per heavy atom. The maximum atomic E-state index is 11.0. The molecule has 1 saturated heterocycles. The summed E-state index contributed by atoms with van der Waals surface area (Å²) in [6.07, 6.45) is 7.12. The third kappa shape index (κ3) is 2.81. The number of nitrogens with one attached hydrogen (secondary N) is 1. The van der Waals surface area contributed by atoms with Gasteiger partial charge in [0.25, 0.3) is 0 Å². The summed E-state index contributed by atoms with van der Waals surface area (Å²) in [6.45, 7) is 2.80. The van der Waals surface area contributed by atoms with Crippen molar-refractivity contribution in [2.45, 2.75) is 38.6 Å². The van der Waals surface area contributed by atoms with Crippen LogP contribution in [-0.2, 0) is 24.2 Å². The first-order chi connectivity index (χ1) is 9.22. The third-order valence-corrected chi connectivity index (χ3v) is 4.29. The Morgan fingerprint density at radius 1 is 1.53 bits per heavy atom. The summed E-state index contributed by atoms with van der Waals surface area (Å²) in [5.74, 6) is 0.820. The van der Waals surface area contributed by atoms with Crippen LogP contribution in [0.4, 0.5) is 0 Å². The normalized spacial score (nSPS) is 26.9. The Kier molecular flexibility index (Phi) is 3.55. The SMILES string of the molecule is O=C(O)C1CCc2nc(CC3CCCNC3)cn2C1. The maximum absolute atomic E-state index is 11.0. The maximum Gasteiger partial charge on any atom is 0.308 e. The third-order valence-electron chi connectivity index (χ3n) is 4.29. The number of nitrogens with zero attached hydrogens (tertiary/aromatic N) is 2. The summed E-state index contributed by atoms with van der Waals surface area (Å²) < 4.78 is 2.05. The zero-order valence-corrected chi connectivity index (χ0v) is 11.1. The number of piperidine rings is 1. The lowest BCUT2D eigenvalue weighted by atomic mass is 9.95. The van der Waals surface area contributed by atoms with Crippen molar-refractivity contribution in [1.82, 2.24) is 14.9 Å². The number of carbonyl (C=O) groups is 1. The number of aromatic nitrogens is 2. The van der Waals surface area contributed by atoms with E-state index in [0.29, 0.717) is 12.5 Å². The highest BCUT2D eigenvalue weighted by molar-refractivity contribution is 5.70. The molecule has 2 aliphatic rings. The highest BCUT2D eigenvalue weighted by atomic mass is 16.4. The molecule has 1 fully saturated rings.